The molecule has 0 fully saturated rings. The van der Waals surface area contributed by atoms with Crippen LogP contribution < -0.4 is 10.2 Å². The molecule has 4 rings (SSSR count). The SMILES string of the molecule is O=C(Cc1ccccc1)NCc1cccc(N2CCc3ccccc32)c1. The molecule has 3 nitrogen and oxygen atoms in total. The van der Waals surface area contributed by atoms with Crippen LogP contribution in [0.25, 0.3) is 0 Å². The monoisotopic (exact) mass is 342 g/mol. The molecule has 26 heavy (non-hydrogen) atoms. The van der Waals surface area contributed by atoms with Crippen molar-refractivity contribution in [1.82, 2.24) is 5.32 Å². The van der Waals surface area contributed by atoms with Gasteiger partial charge in [0, 0.05) is 24.5 Å². The van der Waals surface area contributed by atoms with Crippen molar-refractivity contribution < 1.29 is 4.79 Å². The molecule has 0 saturated carbocycles. The second kappa shape index (κ2) is 7.44. The third-order valence-corrected chi connectivity index (χ3v) is 4.81. The minimum Gasteiger partial charge on any atom is -0.352 e. The van der Waals surface area contributed by atoms with Gasteiger partial charge < -0.3 is 10.2 Å². The summed E-state index contributed by atoms with van der Waals surface area (Å²) in [6.07, 6.45) is 1.49. The number of benzene rings is 3. The van der Waals surface area contributed by atoms with Gasteiger partial charge in [-0.1, -0.05) is 60.7 Å². The van der Waals surface area contributed by atoms with Crippen molar-refractivity contribution in [1.29, 1.82) is 0 Å². The van der Waals surface area contributed by atoms with Crippen LogP contribution >= 0.6 is 0 Å². The molecule has 0 aromatic heterocycles. The molecule has 0 radical (unpaired) electrons. The van der Waals surface area contributed by atoms with Gasteiger partial charge in [0.1, 0.15) is 0 Å². The van der Waals surface area contributed by atoms with Gasteiger partial charge in [-0.3, -0.25) is 4.79 Å². The first kappa shape index (κ1) is 16.4. The number of nitrogens with zero attached hydrogens (tertiary/aromatic N) is 1. The van der Waals surface area contributed by atoms with E-state index in [4.69, 9.17) is 0 Å². The van der Waals surface area contributed by atoms with Crippen molar-refractivity contribution in [3.05, 3.63) is 95.6 Å². The smallest absolute Gasteiger partial charge is 0.224 e. The lowest BCUT2D eigenvalue weighted by Gasteiger charge is -2.20. The first-order valence-electron chi connectivity index (χ1n) is 9.04. The molecule has 3 heteroatoms. The van der Waals surface area contributed by atoms with Crippen LogP contribution in [0.15, 0.2) is 78.9 Å². The minimum absolute atomic E-state index is 0.0492. The maximum Gasteiger partial charge on any atom is 0.224 e. The summed E-state index contributed by atoms with van der Waals surface area (Å²) in [6.45, 7) is 1.55. The van der Waals surface area contributed by atoms with E-state index in [0.29, 0.717) is 13.0 Å². The first-order valence-corrected chi connectivity index (χ1v) is 9.04. The fraction of sp³-hybridized carbons (Fsp3) is 0.174. The van der Waals surface area contributed by atoms with Crippen LogP contribution in [0, 0.1) is 0 Å². The summed E-state index contributed by atoms with van der Waals surface area (Å²) in [4.78, 5) is 14.5. The van der Waals surface area contributed by atoms with E-state index >= 15 is 0 Å². The Morgan fingerprint density at radius 3 is 2.54 bits per heavy atom. The minimum atomic E-state index is 0.0492. The Morgan fingerprint density at radius 1 is 0.885 bits per heavy atom. The van der Waals surface area contributed by atoms with Gasteiger partial charge in [-0.2, -0.15) is 0 Å². The van der Waals surface area contributed by atoms with Crippen molar-refractivity contribution in [2.24, 2.45) is 0 Å². The third-order valence-electron chi connectivity index (χ3n) is 4.81. The number of carbonyl (C=O) groups excluding carboxylic acids is 1. The zero-order valence-electron chi connectivity index (χ0n) is 14.7. The van der Waals surface area contributed by atoms with E-state index in [1.165, 1.54) is 16.9 Å². The molecule has 3 aromatic rings. The normalized spacial score (nSPS) is 12.7. The van der Waals surface area contributed by atoms with E-state index in [2.05, 4.69) is 58.7 Å². The van der Waals surface area contributed by atoms with Gasteiger partial charge in [0.25, 0.3) is 0 Å². The highest BCUT2D eigenvalue weighted by molar-refractivity contribution is 5.78. The number of para-hydroxylation sites is 1. The highest BCUT2D eigenvalue weighted by Gasteiger charge is 2.19. The topological polar surface area (TPSA) is 32.3 Å². The highest BCUT2D eigenvalue weighted by Crippen LogP contribution is 2.34. The summed E-state index contributed by atoms with van der Waals surface area (Å²) in [5.41, 5.74) is 6.03. The maximum atomic E-state index is 12.2. The Morgan fingerprint density at radius 2 is 1.65 bits per heavy atom. The maximum absolute atomic E-state index is 12.2. The summed E-state index contributed by atoms with van der Waals surface area (Å²) in [7, 11) is 0. The molecule has 1 N–H and O–H groups in total. The molecule has 0 aliphatic carbocycles. The van der Waals surface area contributed by atoms with Gasteiger partial charge in [0.15, 0.2) is 0 Å². The summed E-state index contributed by atoms with van der Waals surface area (Å²) in [6, 6.07) is 26.8. The van der Waals surface area contributed by atoms with Crippen LogP contribution in [0.1, 0.15) is 16.7 Å². The molecular weight excluding hydrogens is 320 g/mol. The zero-order chi connectivity index (χ0) is 17.8. The zero-order valence-corrected chi connectivity index (χ0v) is 14.7. The number of hydrogen-bond donors (Lipinski definition) is 1. The van der Waals surface area contributed by atoms with E-state index in [1.54, 1.807) is 0 Å². The van der Waals surface area contributed by atoms with Crippen LogP contribution in [-0.2, 0) is 24.2 Å². The standard InChI is InChI=1S/C23H22N2O/c26-23(16-18-7-2-1-3-8-18)24-17-19-9-6-11-21(15-19)25-14-13-20-10-4-5-12-22(20)25/h1-12,15H,13-14,16-17H2,(H,24,26). The van der Waals surface area contributed by atoms with E-state index in [0.717, 1.165) is 24.1 Å². The molecule has 1 aliphatic rings. The predicted molar refractivity (Wildman–Crippen MR) is 106 cm³/mol. The van der Waals surface area contributed by atoms with Crippen LogP contribution in [0.5, 0.6) is 0 Å². The lowest BCUT2D eigenvalue weighted by Crippen LogP contribution is -2.24. The second-order valence-corrected chi connectivity index (χ2v) is 6.64. The van der Waals surface area contributed by atoms with Crippen LogP contribution in [-0.4, -0.2) is 12.5 Å². The van der Waals surface area contributed by atoms with Gasteiger partial charge in [0.2, 0.25) is 5.91 Å². The number of carbonyl (C=O) groups is 1. The first-order chi connectivity index (χ1) is 12.8. The Labute approximate surface area is 154 Å². The largest absolute Gasteiger partial charge is 0.352 e. The Hall–Kier alpha value is -3.07. The van der Waals surface area contributed by atoms with Crippen LogP contribution in [0.3, 0.4) is 0 Å². The van der Waals surface area contributed by atoms with E-state index < -0.39 is 0 Å². The van der Waals surface area contributed by atoms with Crippen molar-refractivity contribution in [3.63, 3.8) is 0 Å². The van der Waals surface area contributed by atoms with E-state index in [9.17, 15) is 4.79 Å². The molecule has 1 amide bonds. The molecule has 1 heterocycles. The predicted octanol–water partition coefficient (Wildman–Crippen LogP) is 4.24. The number of nitrogens with one attached hydrogen (secondary N) is 1. The summed E-state index contributed by atoms with van der Waals surface area (Å²) < 4.78 is 0. The molecule has 0 atom stereocenters. The fourth-order valence-corrected chi connectivity index (χ4v) is 3.49. The van der Waals surface area contributed by atoms with Crippen LogP contribution in [0.2, 0.25) is 0 Å². The van der Waals surface area contributed by atoms with Crippen molar-refractivity contribution in [3.8, 4) is 0 Å². The molecular formula is C23H22N2O. The number of hydrogen-bond acceptors (Lipinski definition) is 2. The van der Waals surface area contributed by atoms with Gasteiger partial charge in [-0.15, -0.1) is 0 Å². The molecule has 0 spiro atoms. The lowest BCUT2D eigenvalue weighted by atomic mass is 10.1. The molecule has 0 bridgehead atoms. The molecule has 3 aromatic carbocycles. The Bertz CT molecular complexity index is 905. The van der Waals surface area contributed by atoms with Crippen molar-refractivity contribution >= 4 is 17.3 Å². The van der Waals surface area contributed by atoms with Gasteiger partial charge >= 0.3 is 0 Å². The van der Waals surface area contributed by atoms with Crippen LogP contribution in [0.4, 0.5) is 11.4 Å². The van der Waals surface area contributed by atoms with E-state index in [1.807, 2.05) is 30.3 Å². The Kier molecular flexibility index (Phi) is 4.69. The number of anilines is 2. The quantitative estimate of drug-likeness (QED) is 0.752. The summed E-state index contributed by atoms with van der Waals surface area (Å²) in [5.74, 6) is 0.0492. The average molecular weight is 342 g/mol. The van der Waals surface area contributed by atoms with Crippen molar-refractivity contribution in [2.75, 3.05) is 11.4 Å². The second-order valence-electron chi connectivity index (χ2n) is 6.64. The summed E-state index contributed by atoms with van der Waals surface area (Å²) in [5, 5.41) is 3.03. The fourth-order valence-electron chi connectivity index (χ4n) is 3.49. The third kappa shape index (κ3) is 3.62. The van der Waals surface area contributed by atoms with E-state index in [-0.39, 0.29) is 5.91 Å². The molecule has 0 saturated heterocycles. The number of amides is 1. The lowest BCUT2D eigenvalue weighted by molar-refractivity contribution is -0.120. The van der Waals surface area contributed by atoms with Gasteiger partial charge in [0.05, 0.1) is 6.42 Å². The molecule has 0 unspecified atom stereocenters. The van der Waals surface area contributed by atoms with Gasteiger partial charge in [-0.25, -0.2) is 0 Å². The molecule has 1 aliphatic heterocycles. The highest BCUT2D eigenvalue weighted by atomic mass is 16.1. The average Bonchev–Trinajstić information content (AvgIpc) is 3.12. The number of fused-ring (bicyclic) bond motifs is 1. The molecule has 130 valence electrons. The number of rotatable bonds is 5. The van der Waals surface area contributed by atoms with Crippen molar-refractivity contribution in [2.45, 2.75) is 19.4 Å². The Balaban J connectivity index is 1.41. The van der Waals surface area contributed by atoms with Gasteiger partial charge in [-0.05, 0) is 41.3 Å². The summed E-state index contributed by atoms with van der Waals surface area (Å²) >= 11 is 0.